The van der Waals surface area contributed by atoms with Gasteiger partial charge in [0, 0.05) is 16.8 Å². The molecule has 1 saturated heterocycles. The molecule has 9 heteroatoms. The van der Waals surface area contributed by atoms with Gasteiger partial charge in [0.2, 0.25) is 0 Å². The van der Waals surface area contributed by atoms with E-state index in [0.29, 0.717) is 16.1 Å². The van der Waals surface area contributed by atoms with Crippen molar-refractivity contribution < 1.29 is 23.4 Å². The molecule has 144 valence electrons. The molecule has 2 aromatic carbocycles. The first-order valence-electron chi connectivity index (χ1n) is 8.05. The number of amides is 1. The van der Waals surface area contributed by atoms with E-state index in [0.717, 1.165) is 11.2 Å². The summed E-state index contributed by atoms with van der Waals surface area (Å²) >= 11 is 5.92. The van der Waals surface area contributed by atoms with Crippen molar-refractivity contribution in [3.63, 3.8) is 0 Å². The highest BCUT2D eigenvalue weighted by molar-refractivity contribution is 7.90. The Labute approximate surface area is 162 Å². The Morgan fingerprint density at radius 1 is 1.11 bits per heavy atom. The van der Waals surface area contributed by atoms with Crippen LogP contribution in [0.25, 0.3) is 0 Å². The number of benzene rings is 2. The molecule has 2 unspecified atom stereocenters. The van der Waals surface area contributed by atoms with Crippen LogP contribution in [-0.2, 0) is 21.2 Å². The summed E-state index contributed by atoms with van der Waals surface area (Å²) in [4.78, 5) is 13.0. The minimum atomic E-state index is -3.38. The van der Waals surface area contributed by atoms with Crippen molar-refractivity contribution in [2.45, 2.75) is 23.2 Å². The number of carboxylic acid groups (broad SMARTS) is 1. The van der Waals surface area contributed by atoms with E-state index >= 15 is 0 Å². The van der Waals surface area contributed by atoms with Crippen LogP contribution >= 0.6 is 11.6 Å². The lowest BCUT2D eigenvalue weighted by atomic mass is 10.00. The highest BCUT2D eigenvalue weighted by atomic mass is 35.5. The summed E-state index contributed by atoms with van der Waals surface area (Å²) in [6, 6.07) is 12.4. The van der Waals surface area contributed by atoms with Crippen molar-refractivity contribution in [3.8, 4) is 0 Å². The third kappa shape index (κ3) is 3.53. The Morgan fingerprint density at radius 3 is 2.11 bits per heavy atom. The highest BCUT2D eigenvalue weighted by Gasteiger charge is 2.53. The van der Waals surface area contributed by atoms with Gasteiger partial charge in [-0.1, -0.05) is 35.9 Å². The van der Waals surface area contributed by atoms with Gasteiger partial charge in [-0.3, -0.25) is 10.2 Å². The van der Waals surface area contributed by atoms with E-state index in [4.69, 9.17) is 11.6 Å². The van der Waals surface area contributed by atoms with Crippen molar-refractivity contribution in [1.82, 2.24) is 10.2 Å². The van der Waals surface area contributed by atoms with Crippen molar-refractivity contribution in [1.29, 1.82) is 0 Å². The average Bonchev–Trinajstić information content (AvgIpc) is 2.88. The molecule has 1 aliphatic rings. The van der Waals surface area contributed by atoms with E-state index in [2.05, 4.69) is 5.32 Å². The number of carbonyl (C=O) groups is 1. The summed E-state index contributed by atoms with van der Waals surface area (Å²) in [7, 11) is -3.38. The molecule has 1 heterocycles. The Bertz CT molecular complexity index is 978. The molecule has 1 fully saturated rings. The summed E-state index contributed by atoms with van der Waals surface area (Å²) in [5, 5.41) is 24.3. The Morgan fingerprint density at radius 2 is 1.63 bits per heavy atom. The summed E-state index contributed by atoms with van der Waals surface area (Å²) in [5.41, 5.74) is -1.93. The summed E-state index contributed by atoms with van der Waals surface area (Å²) in [6.07, 6.45) is -0.113. The monoisotopic (exact) mass is 410 g/mol. The standard InChI is InChI=1S/C18H19ClN2O5S/c1-17(12-3-7-14(19)8-4-12)20-18(24,11-21(17)16(22)23)13-5-9-15(10-6-13)27(2,25)26/h3-10,20,24H,11H2,1-2H3,(H,22,23). The van der Waals surface area contributed by atoms with Gasteiger partial charge in [0.05, 0.1) is 11.4 Å². The first-order valence-corrected chi connectivity index (χ1v) is 10.3. The lowest BCUT2D eigenvalue weighted by Crippen LogP contribution is -2.50. The molecule has 7 nitrogen and oxygen atoms in total. The molecule has 0 spiro atoms. The van der Waals surface area contributed by atoms with Crippen LogP contribution in [-0.4, -0.2) is 42.4 Å². The van der Waals surface area contributed by atoms with E-state index in [1.54, 1.807) is 31.2 Å². The third-order valence-electron chi connectivity index (χ3n) is 4.77. The van der Waals surface area contributed by atoms with E-state index in [1.165, 1.54) is 24.3 Å². The lowest BCUT2D eigenvalue weighted by molar-refractivity contribution is 0.0193. The van der Waals surface area contributed by atoms with Gasteiger partial charge < -0.3 is 10.2 Å². The molecule has 0 saturated carbocycles. The molecule has 1 aliphatic heterocycles. The maximum Gasteiger partial charge on any atom is 0.409 e. The summed E-state index contributed by atoms with van der Waals surface area (Å²) in [5.74, 6) is 0. The molecule has 0 aromatic heterocycles. The Hall–Kier alpha value is -2.13. The number of nitrogens with one attached hydrogen (secondary N) is 1. The van der Waals surface area contributed by atoms with Gasteiger partial charge in [-0.05, 0) is 36.8 Å². The molecule has 3 N–H and O–H groups in total. The van der Waals surface area contributed by atoms with Crippen LogP contribution in [0.4, 0.5) is 4.79 Å². The molecule has 3 rings (SSSR count). The van der Waals surface area contributed by atoms with Crippen LogP contribution in [0.2, 0.25) is 5.02 Å². The van der Waals surface area contributed by atoms with Gasteiger partial charge in [0.25, 0.3) is 0 Å². The third-order valence-corrected chi connectivity index (χ3v) is 6.15. The first kappa shape index (κ1) is 19.6. The minimum absolute atomic E-state index is 0.114. The maximum atomic E-state index is 11.8. The van der Waals surface area contributed by atoms with Crippen molar-refractivity contribution in [2.75, 3.05) is 12.8 Å². The molecular formula is C18H19ClN2O5S. The molecule has 0 bridgehead atoms. The molecule has 1 amide bonds. The number of hydrogen-bond donors (Lipinski definition) is 3. The average molecular weight is 411 g/mol. The largest absolute Gasteiger partial charge is 0.465 e. The predicted molar refractivity (Wildman–Crippen MR) is 100 cm³/mol. The van der Waals surface area contributed by atoms with Crippen LogP contribution in [0, 0.1) is 0 Å². The zero-order valence-corrected chi connectivity index (χ0v) is 16.3. The number of β-amino-alcohol motifs (C(OH)–C–C–N with tert-alkyl or cyclic N) is 1. The Balaban J connectivity index is 2.02. The fraction of sp³-hybridized carbons (Fsp3) is 0.278. The molecule has 2 atom stereocenters. The Kier molecular flexibility index (Phi) is 4.72. The minimum Gasteiger partial charge on any atom is -0.465 e. The molecule has 0 radical (unpaired) electrons. The van der Waals surface area contributed by atoms with E-state index in [9.17, 15) is 23.4 Å². The number of hydrogen-bond acceptors (Lipinski definition) is 5. The van der Waals surface area contributed by atoms with E-state index in [-0.39, 0.29) is 11.4 Å². The van der Waals surface area contributed by atoms with Crippen LogP contribution in [0.15, 0.2) is 53.4 Å². The van der Waals surface area contributed by atoms with Gasteiger partial charge in [-0.25, -0.2) is 13.2 Å². The number of aliphatic hydroxyl groups is 1. The summed E-state index contributed by atoms with van der Waals surface area (Å²) < 4.78 is 23.3. The van der Waals surface area contributed by atoms with Gasteiger partial charge in [-0.15, -0.1) is 0 Å². The molecular weight excluding hydrogens is 392 g/mol. The van der Waals surface area contributed by atoms with Crippen LogP contribution < -0.4 is 5.32 Å². The van der Waals surface area contributed by atoms with Crippen molar-refractivity contribution in [3.05, 3.63) is 64.7 Å². The zero-order chi connectivity index (χ0) is 20.0. The second kappa shape index (κ2) is 6.49. The number of halogens is 1. The number of rotatable bonds is 3. The quantitative estimate of drug-likeness (QED) is 0.717. The number of sulfone groups is 1. The smallest absolute Gasteiger partial charge is 0.409 e. The normalized spacial score (nSPS) is 25.6. The molecule has 27 heavy (non-hydrogen) atoms. The van der Waals surface area contributed by atoms with E-state index < -0.39 is 27.3 Å². The van der Waals surface area contributed by atoms with Gasteiger partial charge in [-0.2, -0.15) is 0 Å². The van der Waals surface area contributed by atoms with Gasteiger partial charge in [0.1, 0.15) is 5.66 Å². The van der Waals surface area contributed by atoms with E-state index in [1.807, 2.05) is 0 Å². The second-order valence-corrected chi connectivity index (χ2v) is 9.18. The fourth-order valence-corrected chi connectivity index (χ4v) is 4.06. The highest BCUT2D eigenvalue weighted by Crippen LogP contribution is 2.39. The fourth-order valence-electron chi connectivity index (χ4n) is 3.30. The first-order chi connectivity index (χ1) is 12.5. The van der Waals surface area contributed by atoms with Gasteiger partial charge in [0.15, 0.2) is 15.6 Å². The molecule has 0 aliphatic carbocycles. The van der Waals surface area contributed by atoms with Crippen molar-refractivity contribution in [2.24, 2.45) is 0 Å². The summed E-state index contributed by atoms with van der Waals surface area (Å²) in [6.45, 7) is 1.41. The van der Waals surface area contributed by atoms with Gasteiger partial charge >= 0.3 is 6.09 Å². The SMILES string of the molecule is CC1(c2ccc(Cl)cc2)NC(O)(c2ccc(S(C)(=O)=O)cc2)CN1C(=O)O. The van der Waals surface area contributed by atoms with Crippen LogP contribution in [0.1, 0.15) is 18.1 Å². The second-order valence-electron chi connectivity index (χ2n) is 6.73. The number of nitrogens with zero attached hydrogens (tertiary/aromatic N) is 1. The predicted octanol–water partition coefficient (Wildman–Crippen LogP) is 2.34. The zero-order valence-electron chi connectivity index (χ0n) is 14.7. The topological polar surface area (TPSA) is 107 Å². The van der Waals surface area contributed by atoms with Crippen molar-refractivity contribution >= 4 is 27.5 Å². The molecule has 2 aromatic rings. The van der Waals surface area contributed by atoms with Crippen LogP contribution in [0.5, 0.6) is 0 Å². The maximum absolute atomic E-state index is 11.8. The lowest BCUT2D eigenvalue weighted by Gasteiger charge is -2.33. The van der Waals surface area contributed by atoms with Crippen LogP contribution in [0.3, 0.4) is 0 Å².